The fraction of sp³-hybridized carbons (Fsp3) is 0.462. The number of halogens is 1. The molecule has 4 heteroatoms. The van der Waals surface area contributed by atoms with Crippen molar-refractivity contribution in [1.82, 2.24) is 0 Å². The lowest BCUT2D eigenvalue weighted by molar-refractivity contribution is 0.138. The smallest absolute Gasteiger partial charge is 0.100 e. The van der Waals surface area contributed by atoms with Gasteiger partial charge in [0.15, 0.2) is 0 Å². The van der Waals surface area contributed by atoms with Crippen LogP contribution < -0.4 is 5.32 Å². The van der Waals surface area contributed by atoms with Crippen LogP contribution >= 0.6 is 15.9 Å². The molecule has 2 unspecified atom stereocenters. The van der Waals surface area contributed by atoms with Crippen LogP contribution in [0, 0.1) is 17.2 Å². The Morgan fingerprint density at radius 1 is 1.47 bits per heavy atom. The molecule has 1 aliphatic rings. The number of benzene rings is 1. The fourth-order valence-corrected chi connectivity index (χ4v) is 2.69. The number of aliphatic hydroxyl groups is 1. The minimum atomic E-state index is -0.163. The zero-order valence-electron chi connectivity index (χ0n) is 9.49. The molecule has 2 atom stereocenters. The molecule has 2 rings (SSSR count). The number of hydrogen-bond donors (Lipinski definition) is 2. The lowest BCUT2D eigenvalue weighted by Crippen LogP contribution is -2.21. The predicted octanol–water partition coefficient (Wildman–Crippen LogP) is 2.89. The van der Waals surface area contributed by atoms with Gasteiger partial charge in [0.2, 0.25) is 0 Å². The number of aliphatic hydroxyl groups excluding tert-OH is 1. The number of nitrogens with zero attached hydrogens (tertiary/aromatic N) is 1. The average Bonchev–Trinajstić information content (AvgIpc) is 2.72. The first-order valence-corrected chi connectivity index (χ1v) is 6.61. The van der Waals surface area contributed by atoms with Crippen molar-refractivity contribution in [1.29, 1.82) is 5.26 Å². The molecule has 3 nitrogen and oxygen atoms in total. The van der Waals surface area contributed by atoms with Gasteiger partial charge in [0.05, 0.1) is 11.7 Å². The van der Waals surface area contributed by atoms with Crippen molar-refractivity contribution in [3.63, 3.8) is 0 Å². The fourth-order valence-electron chi connectivity index (χ4n) is 2.22. The highest BCUT2D eigenvalue weighted by Gasteiger charge is 2.24. The molecule has 1 fully saturated rings. The second-order valence-corrected chi connectivity index (χ2v) is 5.30. The van der Waals surface area contributed by atoms with Crippen LogP contribution in [0.3, 0.4) is 0 Å². The highest BCUT2D eigenvalue weighted by Crippen LogP contribution is 2.26. The molecule has 0 heterocycles. The Hall–Kier alpha value is -1.05. The quantitative estimate of drug-likeness (QED) is 0.901. The van der Waals surface area contributed by atoms with E-state index in [-0.39, 0.29) is 6.10 Å². The third-order valence-electron chi connectivity index (χ3n) is 3.28. The van der Waals surface area contributed by atoms with Gasteiger partial charge < -0.3 is 10.4 Å². The van der Waals surface area contributed by atoms with Crippen molar-refractivity contribution in [2.75, 3.05) is 11.9 Å². The Bertz CT molecular complexity index is 442. The van der Waals surface area contributed by atoms with Gasteiger partial charge in [0.25, 0.3) is 0 Å². The summed E-state index contributed by atoms with van der Waals surface area (Å²) >= 11 is 3.36. The van der Waals surface area contributed by atoms with Crippen LogP contribution in [0.4, 0.5) is 5.69 Å². The largest absolute Gasteiger partial charge is 0.393 e. The van der Waals surface area contributed by atoms with Crippen molar-refractivity contribution in [3.8, 4) is 6.07 Å². The zero-order valence-corrected chi connectivity index (χ0v) is 11.1. The van der Waals surface area contributed by atoms with Gasteiger partial charge in [-0.1, -0.05) is 6.42 Å². The molecule has 0 spiro atoms. The molecule has 1 aromatic rings. The normalized spacial score (nSPS) is 23.4. The summed E-state index contributed by atoms with van der Waals surface area (Å²) in [6, 6.07) is 7.70. The van der Waals surface area contributed by atoms with Gasteiger partial charge in [0, 0.05) is 22.6 Å². The van der Waals surface area contributed by atoms with Gasteiger partial charge in [-0.05, 0) is 47.0 Å². The SMILES string of the molecule is N#Cc1ccc(NCC2CCCC2O)cc1Br. The molecule has 1 saturated carbocycles. The Morgan fingerprint density at radius 2 is 2.29 bits per heavy atom. The minimum Gasteiger partial charge on any atom is -0.393 e. The Balaban J connectivity index is 1.95. The lowest BCUT2D eigenvalue weighted by atomic mass is 10.1. The second-order valence-electron chi connectivity index (χ2n) is 4.45. The molecule has 0 aliphatic heterocycles. The Morgan fingerprint density at radius 3 is 2.88 bits per heavy atom. The molecule has 0 saturated heterocycles. The lowest BCUT2D eigenvalue weighted by Gasteiger charge is -2.16. The second kappa shape index (κ2) is 5.52. The molecule has 17 heavy (non-hydrogen) atoms. The first-order valence-electron chi connectivity index (χ1n) is 5.82. The highest BCUT2D eigenvalue weighted by molar-refractivity contribution is 9.10. The first-order chi connectivity index (χ1) is 8.20. The summed E-state index contributed by atoms with van der Waals surface area (Å²) in [5, 5.41) is 21.8. The van der Waals surface area contributed by atoms with Crippen LogP contribution in [0.5, 0.6) is 0 Å². The van der Waals surface area contributed by atoms with E-state index in [2.05, 4.69) is 27.3 Å². The minimum absolute atomic E-state index is 0.163. The highest BCUT2D eigenvalue weighted by atomic mass is 79.9. The van der Waals surface area contributed by atoms with Crippen LogP contribution in [-0.4, -0.2) is 17.8 Å². The van der Waals surface area contributed by atoms with Crippen molar-refractivity contribution in [3.05, 3.63) is 28.2 Å². The molecule has 0 radical (unpaired) electrons. The topological polar surface area (TPSA) is 56.0 Å². The molecule has 90 valence electrons. The van der Waals surface area contributed by atoms with Crippen molar-refractivity contribution < 1.29 is 5.11 Å². The van der Waals surface area contributed by atoms with Crippen LogP contribution in [0.1, 0.15) is 24.8 Å². The standard InChI is InChI=1S/C13H15BrN2O/c14-12-6-11(5-4-9(12)7-15)16-8-10-2-1-3-13(10)17/h4-6,10,13,16-17H,1-3,8H2. The maximum Gasteiger partial charge on any atom is 0.100 e. The average molecular weight is 295 g/mol. The number of hydrogen-bond acceptors (Lipinski definition) is 3. The van der Waals surface area contributed by atoms with Crippen LogP contribution in [-0.2, 0) is 0 Å². The molecule has 0 bridgehead atoms. The van der Waals surface area contributed by atoms with E-state index >= 15 is 0 Å². The van der Waals surface area contributed by atoms with E-state index in [1.165, 1.54) is 0 Å². The van der Waals surface area contributed by atoms with E-state index in [1.807, 2.05) is 12.1 Å². The number of rotatable bonds is 3. The van der Waals surface area contributed by atoms with Gasteiger partial charge in [-0.3, -0.25) is 0 Å². The van der Waals surface area contributed by atoms with Crippen LogP contribution in [0.15, 0.2) is 22.7 Å². The van der Waals surface area contributed by atoms with Crippen molar-refractivity contribution in [2.24, 2.45) is 5.92 Å². The third-order valence-corrected chi connectivity index (χ3v) is 3.93. The summed E-state index contributed by atoms with van der Waals surface area (Å²) < 4.78 is 0.803. The zero-order chi connectivity index (χ0) is 12.3. The molecule has 2 N–H and O–H groups in total. The van der Waals surface area contributed by atoms with E-state index in [9.17, 15) is 5.11 Å². The maximum atomic E-state index is 9.71. The van der Waals surface area contributed by atoms with Crippen molar-refractivity contribution >= 4 is 21.6 Å². The molecule has 0 amide bonds. The van der Waals surface area contributed by atoms with E-state index in [0.29, 0.717) is 11.5 Å². The van der Waals surface area contributed by atoms with E-state index in [4.69, 9.17) is 5.26 Å². The first kappa shape index (κ1) is 12.4. The summed E-state index contributed by atoms with van der Waals surface area (Å²) in [7, 11) is 0. The molecular formula is C13H15BrN2O. The number of anilines is 1. The summed E-state index contributed by atoms with van der Waals surface area (Å²) in [5.74, 6) is 0.351. The van der Waals surface area contributed by atoms with Crippen LogP contribution in [0.2, 0.25) is 0 Å². The van der Waals surface area contributed by atoms with Gasteiger partial charge >= 0.3 is 0 Å². The summed E-state index contributed by atoms with van der Waals surface area (Å²) in [4.78, 5) is 0. The monoisotopic (exact) mass is 294 g/mol. The van der Waals surface area contributed by atoms with Gasteiger partial charge in [-0.15, -0.1) is 0 Å². The molecule has 0 aromatic heterocycles. The van der Waals surface area contributed by atoms with Crippen molar-refractivity contribution in [2.45, 2.75) is 25.4 Å². The predicted molar refractivity (Wildman–Crippen MR) is 70.7 cm³/mol. The van der Waals surface area contributed by atoms with Crippen LogP contribution in [0.25, 0.3) is 0 Å². The maximum absolute atomic E-state index is 9.71. The number of nitriles is 1. The summed E-state index contributed by atoms with van der Waals surface area (Å²) in [6.07, 6.45) is 2.96. The van der Waals surface area contributed by atoms with Gasteiger partial charge in [0.1, 0.15) is 6.07 Å². The van der Waals surface area contributed by atoms with Gasteiger partial charge in [-0.25, -0.2) is 0 Å². The summed E-state index contributed by atoms with van der Waals surface area (Å²) in [6.45, 7) is 0.791. The molecular weight excluding hydrogens is 280 g/mol. The Kier molecular flexibility index (Phi) is 4.03. The van der Waals surface area contributed by atoms with E-state index < -0.39 is 0 Å². The van der Waals surface area contributed by atoms with Gasteiger partial charge in [-0.2, -0.15) is 5.26 Å². The van der Waals surface area contributed by atoms with E-state index in [1.54, 1.807) is 6.07 Å². The Labute approximate surface area is 110 Å². The number of nitrogens with one attached hydrogen (secondary N) is 1. The summed E-state index contributed by atoms with van der Waals surface area (Å²) in [5.41, 5.74) is 1.62. The van der Waals surface area contributed by atoms with E-state index in [0.717, 1.165) is 36.0 Å². The molecule has 1 aromatic carbocycles. The third kappa shape index (κ3) is 2.99. The molecule has 1 aliphatic carbocycles.